The second kappa shape index (κ2) is 5.97. The summed E-state index contributed by atoms with van der Waals surface area (Å²) in [6.45, 7) is 1.86. The third-order valence-electron chi connectivity index (χ3n) is 1.47. The Balaban J connectivity index is 4.59. The minimum Gasteiger partial charge on any atom is -0.278 e. The fourth-order valence-corrected chi connectivity index (χ4v) is 0.823. The monoisotopic (exact) mass is 197 g/mol. The molecule has 0 aromatic carbocycles. The maximum absolute atomic E-state index is 8.62. The molecule has 0 N–H and O–H groups in total. The second-order valence-corrected chi connectivity index (χ2v) is 3.17. The lowest BCUT2D eigenvalue weighted by molar-refractivity contribution is -0.480. The van der Waals surface area contributed by atoms with Gasteiger partial charge in [0.25, 0.3) is 0 Å². The SMILES string of the molecule is CC/C(C#N)=N/OC(N(C)C)=[N+](C)C. The van der Waals surface area contributed by atoms with E-state index < -0.39 is 0 Å². The van der Waals surface area contributed by atoms with Crippen LogP contribution in [-0.4, -0.2) is 49.4 Å². The van der Waals surface area contributed by atoms with Gasteiger partial charge >= 0.3 is 6.02 Å². The number of rotatable bonds is 2. The lowest BCUT2D eigenvalue weighted by atomic mass is 10.3. The Morgan fingerprint density at radius 1 is 1.50 bits per heavy atom. The molecule has 0 rings (SSSR count). The highest BCUT2D eigenvalue weighted by atomic mass is 16.6. The van der Waals surface area contributed by atoms with E-state index in [-0.39, 0.29) is 0 Å². The van der Waals surface area contributed by atoms with Gasteiger partial charge < -0.3 is 0 Å². The third-order valence-corrected chi connectivity index (χ3v) is 1.47. The Morgan fingerprint density at radius 2 is 2.07 bits per heavy atom. The molecule has 0 saturated carbocycles. The Bertz CT molecular complexity index is 282. The summed E-state index contributed by atoms with van der Waals surface area (Å²) < 4.78 is 1.79. The Hall–Kier alpha value is -1.57. The average Bonchev–Trinajstić information content (AvgIpc) is 2.11. The first-order valence-corrected chi connectivity index (χ1v) is 4.38. The van der Waals surface area contributed by atoms with Crippen molar-refractivity contribution in [3.8, 4) is 6.07 Å². The van der Waals surface area contributed by atoms with Crippen LogP contribution in [0.15, 0.2) is 5.16 Å². The Labute approximate surface area is 84.9 Å². The maximum atomic E-state index is 8.62. The smallest absolute Gasteiger partial charge is 0.278 e. The quantitative estimate of drug-likeness (QED) is 0.280. The Morgan fingerprint density at radius 3 is 2.36 bits per heavy atom. The van der Waals surface area contributed by atoms with E-state index in [9.17, 15) is 0 Å². The van der Waals surface area contributed by atoms with E-state index in [1.165, 1.54) is 0 Å². The summed E-state index contributed by atoms with van der Waals surface area (Å²) in [6, 6.07) is 2.55. The van der Waals surface area contributed by atoms with Gasteiger partial charge in [-0.15, -0.1) is 0 Å². The van der Waals surface area contributed by atoms with Crippen LogP contribution in [-0.2, 0) is 4.84 Å². The van der Waals surface area contributed by atoms with E-state index in [0.717, 1.165) is 0 Å². The van der Waals surface area contributed by atoms with Crippen LogP contribution in [0.2, 0.25) is 0 Å². The van der Waals surface area contributed by atoms with Crippen LogP contribution in [0.4, 0.5) is 0 Å². The summed E-state index contributed by atoms with van der Waals surface area (Å²) in [5.41, 5.74) is 0.381. The molecule has 0 bridgehead atoms. The van der Waals surface area contributed by atoms with Crippen molar-refractivity contribution in [3.63, 3.8) is 0 Å². The summed E-state index contributed by atoms with van der Waals surface area (Å²) in [5.74, 6) is 0. The lowest BCUT2D eigenvalue weighted by Crippen LogP contribution is -2.31. The molecule has 0 radical (unpaired) electrons. The number of oxime groups is 1. The molecule has 0 atom stereocenters. The molecule has 0 aliphatic carbocycles. The minimum atomic E-state index is 0.381. The molecular formula is C9H17N4O+. The number of nitrogens with zero attached hydrogens (tertiary/aromatic N) is 4. The van der Waals surface area contributed by atoms with Crippen molar-refractivity contribution in [2.24, 2.45) is 5.16 Å². The van der Waals surface area contributed by atoms with E-state index in [0.29, 0.717) is 18.2 Å². The van der Waals surface area contributed by atoms with E-state index in [1.54, 1.807) is 9.48 Å². The molecule has 0 aromatic rings. The largest absolute Gasteiger partial charge is 0.471 e. The standard InChI is InChI=1S/C9H17N4O/c1-6-8(7-10)11-14-9(12(2)3)13(4)5/h6H2,1-5H3/q+1/b11-8-. The average molecular weight is 197 g/mol. The van der Waals surface area contributed by atoms with Crippen LogP contribution in [0.1, 0.15) is 13.3 Å². The van der Waals surface area contributed by atoms with E-state index in [2.05, 4.69) is 5.16 Å². The number of nitriles is 1. The predicted octanol–water partition coefficient (Wildman–Crippen LogP) is 0.482. The van der Waals surface area contributed by atoms with Gasteiger partial charge in [-0.2, -0.15) is 5.26 Å². The molecule has 0 aromatic heterocycles. The molecule has 5 heteroatoms. The first kappa shape index (κ1) is 12.4. The predicted molar refractivity (Wildman–Crippen MR) is 55.2 cm³/mol. The van der Waals surface area contributed by atoms with Gasteiger partial charge in [0.1, 0.15) is 6.07 Å². The van der Waals surface area contributed by atoms with Crippen LogP contribution in [0.3, 0.4) is 0 Å². The normalized spacial score (nSPS) is 10.4. The molecule has 5 nitrogen and oxygen atoms in total. The van der Waals surface area contributed by atoms with Crippen molar-refractivity contribution < 1.29 is 9.41 Å². The van der Waals surface area contributed by atoms with E-state index >= 15 is 0 Å². The maximum Gasteiger partial charge on any atom is 0.471 e. The first-order valence-electron chi connectivity index (χ1n) is 4.38. The number of amidine groups is 1. The van der Waals surface area contributed by atoms with Gasteiger partial charge in [0.2, 0.25) is 0 Å². The molecule has 0 saturated heterocycles. The van der Waals surface area contributed by atoms with Crippen molar-refractivity contribution in [3.05, 3.63) is 0 Å². The van der Waals surface area contributed by atoms with Crippen molar-refractivity contribution in [1.82, 2.24) is 4.90 Å². The molecule has 78 valence electrons. The van der Waals surface area contributed by atoms with E-state index in [1.807, 2.05) is 41.2 Å². The highest BCUT2D eigenvalue weighted by molar-refractivity contribution is 5.98. The third kappa shape index (κ3) is 3.90. The van der Waals surface area contributed by atoms with Crippen molar-refractivity contribution >= 4 is 11.7 Å². The Kier molecular flexibility index (Phi) is 5.30. The minimum absolute atomic E-state index is 0.381. The summed E-state index contributed by atoms with van der Waals surface area (Å²) in [4.78, 5) is 6.93. The van der Waals surface area contributed by atoms with E-state index in [4.69, 9.17) is 10.1 Å². The molecule has 14 heavy (non-hydrogen) atoms. The van der Waals surface area contributed by atoms with Crippen molar-refractivity contribution in [1.29, 1.82) is 5.26 Å². The van der Waals surface area contributed by atoms with Crippen molar-refractivity contribution in [2.45, 2.75) is 13.3 Å². The molecule has 0 aliphatic heterocycles. The van der Waals surface area contributed by atoms with Gasteiger partial charge in [-0.3, -0.25) is 4.84 Å². The molecule has 0 heterocycles. The summed E-state index contributed by atoms with van der Waals surface area (Å²) >= 11 is 0. The summed E-state index contributed by atoms with van der Waals surface area (Å²) in [5, 5.41) is 12.4. The zero-order chi connectivity index (χ0) is 11.1. The number of hydrogen-bond acceptors (Lipinski definition) is 3. The van der Waals surface area contributed by atoms with Gasteiger partial charge in [-0.1, -0.05) is 12.1 Å². The van der Waals surface area contributed by atoms with Gasteiger partial charge in [0.05, 0.1) is 28.2 Å². The van der Waals surface area contributed by atoms with Gasteiger partial charge in [-0.25, -0.2) is 9.48 Å². The van der Waals surface area contributed by atoms with Gasteiger partial charge in [-0.05, 0) is 0 Å². The highest BCUT2D eigenvalue weighted by Gasteiger charge is 2.13. The fourth-order valence-electron chi connectivity index (χ4n) is 0.823. The van der Waals surface area contributed by atoms with Crippen molar-refractivity contribution in [2.75, 3.05) is 28.2 Å². The second-order valence-electron chi connectivity index (χ2n) is 3.17. The highest BCUT2D eigenvalue weighted by Crippen LogP contribution is 1.90. The number of hydrogen-bond donors (Lipinski definition) is 0. The van der Waals surface area contributed by atoms with Gasteiger partial charge in [0, 0.05) is 6.42 Å². The summed E-state index contributed by atoms with van der Waals surface area (Å²) in [6.07, 6.45) is 0.574. The fraction of sp³-hybridized carbons (Fsp3) is 0.667. The van der Waals surface area contributed by atoms with Crippen LogP contribution in [0.5, 0.6) is 0 Å². The molecule has 0 amide bonds. The van der Waals surface area contributed by atoms with Crippen LogP contribution in [0, 0.1) is 11.3 Å². The molecule has 0 aliphatic rings. The van der Waals surface area contributed by atoms with Gasteiger partial charge in [0.15, 0.2) is 5.71 Å². The van der Waals surface area contributed by atoms with Crippen LogP contribution >= 0.6 is 0 Å². The molecule has 0 fully saturated rings. The first-order chi connectivity index (χ1) is 6.52. The topological polar surface area (TPSA) is 51.6 Å². The molecule has 0 spiro atoms. The molecular weight excluding hydrogens is 180 g/mol. The molecule has 0 unspecified atom stereocenters. The van der Waals surface area contributed by atoms with Crippen LogP contribution in [0.25, 0.3) is 0 Å². The lowest BCUT2D eigenvalue weighted by Gasteiger charge is -2.07. The summed E-state index contributed by atoms with van der Waals surface area (Å²) in [7, 11) is 7.40. The van der Waals surface area contributed by atoms with Crippen LogP contribution < -0.4 is 0 Å². The zero-order valence-corrected chi connectivity index (χ0v) is 9.40. The zero-order valence-electron chi connectivity index (χ0n) is 9.40.